The van der Waals surface area contributed by atoms with Gasteiger partial charge in [0.25, 0.3) is 5.56 Å². The highest BCUT2D eigenvalue weighted by Crippen LogP contribution is 2.33. The van der Waals surface area contributed by atoms with Crippen LogP contribution < -0.4 is 10.9 Å². The quantitative estimate of drug-likeness (QED) is 0.651. The van der Waals surface area contributed by atoms with Crippen LogP contribution in [0.2, 0.25) is 0 Å². The number of anilines is 1. The summed E-state index contributed by atoms with van der Waals surface area (Å²) in [5, 5.41) is 12.9. The van der Waals surface area contributed by atoms with Gasteiger partial charge in [-0.25, -0.2) is 9.97 Å². The van der Waals surface area contributed by atoms with Crippen LogP contribution in [0.15, 0.2) is 41.6 Å². The molecule has 0 aliphatic carbocycles. The molecule has 2 heterocycles. The third-order valence-electron chi connectivity index (χ3n) is 4.33. The van der Waals surface area contributed by atoms with Gasteiger partial charge < -0.3 is 19.7 Å². The Bertz CT molecular complexity index is 1070. The molecule has 0 bridgehead atoms. The average molecular weight is 408 g/mol. The topological polar surface area (TPSA) is 89.3 Å². The molecule has 0 amide bonds. The molecule has 2 aromatic heterocycles. The Morgan fingerprint density at radius 2 is 1.93 bits per heavy atom. The molecule has 0 saturated heterocycles. The lowest BCUT2D eigenvalue weighted by atomic mass is 10.0. The Labute approximate surface area is 163 Å². The van der Waals surface area contributed by atoms with E-state index in [1.807, 2.05) is 0 Å². The fourth-order valence-corrected chi connectivity index (χ4v) is 2.86. The molecule has 2 N–H and O–H groups in total. The first-order valence-corrected chi connectivity index (χ1v) is 8.65. The van der Waals surface area contributed by atoms with Crippen molar-refractivity contribution in [1.29, 1.82) is 0 Å². The first kappa shape index (κ1) is 20.7. The zero-order valence-electron chi connectivity index (χ0n) is 15.7. The Hall–Kier alpha value is -2.98. The minimum Gasteiger partial charge on any atom is -0.389 e. The summed E-state index contributed by atoms with van der Waals surface area (Å²) in [6.07, 6.45) is -2.49. The molecule has 1 aromatic carbocycles. The molecule has 0 aliphatic rings. The monoisotopic (exact) mass is 408 g/mol. The number of alkyl halides is 3. The second-order valence-electron chi connectivity index (χ2n) is 6.47. The van der Waals surface area contributed by atoms with Gasteiger partial charge in [-0.05, 0) is 17.7 Å². The predicted molar refractivity (Wildman–Crippen MR) is 102 cm³/mol. The molecule has 3 aromatic rings. The number of pyridine rings is 1. The number of ether oxygens (including phenoxy) is 1. The summed E-state index contributed by atoms with van der Waals surface area (Å²) in [5.74, 6) is 0.222. The van der Waals surface area contributed by atoms with Crippen molar-refractivity contribution in [2.24, 2.45) is 7.05 Å². The second kappa shape index (κ2) is 8.18. The van der Waals surface area contributed by atoms with Crippen LogP contribution in [-0.2, 0) is 18.0 Å². The summed E-state index contributed by atoms with van der Waals surface area (Å²) in [6, 6.07) is 4.56. The van der Waals surface area contributed by atoms with E-state index in [0.29, 0.717) is 16.6 Å². The van der Waals surface area contributed by atoms with Gasteiger partial charge in [0.15, 0.2) is 0 Å². The molecule has 7 nitrogen and oxygen atoms in total. The maximum absolute atomic E-state index is 12.8. The van der Waals surface area contributed by atoms with Gasteiger partial charge >= 0.3 is 6.18 Å². The smallest absolute Gasteiger partial charge is 0.389 e. The number of fused-ring (bicyclic) bond motifs is 1. The number of aliphatic hydroxyl groups excluding tert-OH is 1. The van der Waals surface area contributed by atoms with E-state index < -0.39 is 17.8 Å². The molecule has 0 spiro atoms. The predicted octanol–water partition coefficient (Wildman–Crippen LogP) is 2.43. The molecule has 0 aliphatic heterocycles. The second-order valence-corrected chi connectivity index (χ2v) is 6.47. The minimum absolute atomic E-state index is 0.0909. The number of aromatic nitrogens is 3. The minimum atomic E-state index is -4.44. The van der Waals surface area contributed by atoms with Crippen LogP contribution in [0.1, 0.15) is 5.56 Å². The zero-order chi connectivity index (χ0) is 21.2. The summed E-state index contributed by atoms with van der Waals surface area (Å²) < 4.78 is 44.6. The van der Waals surface area contributed by atoms with Crippen LogP contribution in [0.25, 0.3) is 22.0 Å². The summed E-state index contributed by atoms with van der Waals surface area (Å²) >= 11 is 0. The highest BCUT2D eigenvalue weighted by molar-refractivity contribution is 5.98. The summed E-state index contributed by atoms with van der Waals surface area (Å²) in [5.41, 5.74) is 0.0241. The van der Waals surface area contributed by atoms with Crippen molar-refractivity contribution >= 4 is 16.7 Å². The molecule has 154 valence electrons. The molecule has 3 rings (SSSR count). The van der Waals surface area contributed by atoms with E-state index in [2.05, 4.69) is 15.3 Å². The van der Waals surface area contributed by atoms with E-state index in [4.69, 9.17) is 4.74 Å². The molecular weight excluding hydrogens is 389 g/mol. The molecule has 1 atom stereocenters. The van der Waals surface area contributed by atoms with E-state index in [9.17, 15) is 23.1 Å². The van der Waals surface area contributed by atoms with E-state index in [1.54, 1.807) is 0 Å². The summed E-state index contributed by atoms with van der Waals surface area (Å²) in [7, 11) is 2.98. The van der Waals surface area contributed by atoms with Crippen molar-refractivity contribution < 1.29 is 23.0 Å². The third kappa shape index (κ3) is 4.38. The molecule has 10 heteroatoms. The van der Waals surface area contributed by atoms with Crippen LogP contribution in [0.5, 0.6) is 0 Å². The van der Waals surface area contributed by atoms with Crippen molar-refractivity contribution in [3.63, 3.8) is 0 Å². The van der Waals surface area contributed by atoms with Gasteiger partial charge in [0.05, 0.1) is 30.1 Å². The number of hydrogen-bond acceptors (Lipinski definition) is 6. The third-order valence-corrected chi connectivity index (χ3v) is 4.33. The van der Waals surface area contributed by atoms with Gasteiger partial charge in [-0.1, -0.05) is 12.1 Å². The van der Waals surface area contributed by atoms with Crippen LogP contribution in [0.4, 0.5) is 19.0 Å². The fourth-order valence-electron chi connectivity index (χ4n) is 2.86. The van der Waals surface area contributed by atoms with Crippen molar-refractivity contribution in [1.82, 2.24) is 14.5 Å². The van der Waals surface area contributed by atoms with Crippen LogP contribution in [0.3, 0.4) is 0 Å². The zero-order valence-corrected chi connectivity index (χ0v) is 15.7. The number of hydrogen-bond donors (Lipinski definition) is 2. The molecule has 29 heavy (non-hydrogen) atoms. The van der Waals surface area contributed by atoms with E-state index in [-0.39, 0.29) is 29.9 Å². The van der Waals surface area contributed by atoms with Gasteiger partial charge in [0.1, 0.15) is 11.2 Å². The van der Waals surface area contributed by atoms with Gasteiger partial charge in [-0.15, -0.1) is 0 Å². The highest BCUT2D eigenvalue weighted by atomic mass is 19.4. The number of benzene rings is 1. The number of nitrogens with one attached hydrogen (secondary N) is 1. The van der Waals surface area contributed by atoms with Gasteiger partial charge in [-0.3, -0.25) is 4.79 Å². The van der Waals surface area contributed by atoms with Crippen molar-refractivity contribution in [3.8, 4) is 11.1 Å². The number of nitrogens with zero attached hydrogens (tertiary/aromatic N) is 3. The van der Waals surface area contributed by atoms with E-state index in [1.165, 1.54) is 43.4 Å². The van der Waals surface area contributed by atoms with Gasteiger partial charge in [0.2, 0.25) is 0 Å². The fraction of sp³-hybridized carbons (Fsp3) is 0.316. The SMILES string of the molecule is COCC(O)CNc1ncc(-c2ccc(C(F)(F)F)cc2)c2ncn(C)c(=O)c12. The first-order chi connectivity index (χ1) is 13.7. The number of aliphatic hydroxyl groups is 1. The molecule has 1 unspecified atom stereocenters. The standard InChI is InChI=1S/C19H19F3N4O3/c1-26-10-25-16-14(11-3-5-12(6-4-11)19(20,21)22)8-24-17(15(16)18(26)28)23-7-13(27)9-29-2/h3-6,8,10,13,27H,7,9H2,1-2H3,(H,23,24). The molecule has 0 radical (unpaired) electrons. The summed E-state index contributed by atoms with van der Waals surface area (Å²) in [4.78, 5) is 21.2. The van der Waals surface area contributed by atoms with Crippen molar-refractivity contribution in [2.75, 3.05) is 25.6 Å². The number of halogens is 3. The number of aryl methyl sites for hydroxylation is 1. The molecule has 0 saturated carbocycles. The Morgan fingerprint density at radius 1 is 1.24 bits per heavy atom. The number of rotatable bonds is 6. The summed E-state index contributed by atoms with van der Waals surface area (Å²) in [6.45, 7) is 0.193. The maximum atomic E-state index is 12.8. The van der Waals surface area contributed by atoms with Crippen molar-refractivity contribution in [3.05, 3.63) is 52.7 Å². The van der Waals surface area contributed by atoms with E-state index >= 15 is 0 Å². The Kier molecular flexibility index (Phi) is 5.85. The largest absolute Gasteiger partial charge is 0.416 e. The lowest BCUT2D eigenvalue weighted by Gasteiger charge is -2.15. The van der Waals surface area contributed by atoms with Crippen LogP contribution >= 0.6 is 0 Å². The number of methoxy groups -OCH3 is 1. The van der Waals surface area contributed by atoms with E-state index in [0.717, 1.165) is 12.1 Å². The first-order valence-electron chi connectivity index (χ1n) is 8.65. The molecule has 0 fully saturated rings. The lowest BCUT2D eigenvalue weighted by molar-refractivity contribution is -0.137. The van der Waals surface area contributed by atoms with Crippen molar-refractivity contribution in [2.45, 2.75) is 12.3 Å². The Morgan fingerprint density at radius 3 is 2.55 bits per heavy atom. The van der Waals surface area contributed by atoms with Gasteiger partial charge in [0, 0.05) is 32.5 Å². The molecular formula is C19H19F3N4O3. The normalized spacial score (nSPS) is 12.9. The van der Waals surface area contributed by atoms with Crippen LogP contribution in [0, 0.1) is 0 Å². The van der Waals surface area contributed by atoms with Gasteiger partial charge in [-0.2, -0.15) is 13.2 Å². The average Bonchev–Trinajstić information content (AvgIpc) is 2.68. The lowest BCUT2D eigenvalue weighted by Crippen LogP contribution is -2.26. The van der Waals surface area contributed by atoms with Crippen LogP contribution in [-0.4, -0.2) is 46.0 Å². The maximum Gasteiger partial charge on any atom is 0.416 e. The Balaban J connectivity index is 2.08. The highest BCUT2D eigenvalue weighted by Gasteiger charge is 2.30.